The number of rotatable bonds is 0. The van der Waals surface area contributed by atoms with E-state index in [-0.39, 0.29) is 5.48 Å². The molecule has 0 unspecified atom stereocenters. The monoisotopic (exact) mass is 72.0 g/mol. The third-order valence-electron chi connectivity index (χ3n) is 0.0707. The largest absolute Gasteiger partial charge is 0.412 e. The predicted octanol–water partition coefficient (Wildman–Crippen LogP) is -0.657. The van der Waals surface area contributed by atoms with Gasteiger partial charge in [0.2, 0.25) is 6.19 Å². The maximum absolute atomic E-state index is 7.40. The summed E-state index contributed by atoms with van der Waals surface area (Å²) in [5, 5.41) is 7.40. The van der Waals surface area contributed by atoms with E-state index in [9.17, 15) is 0 Å². The molecular formula is C2H4N2O. The second kappa shape index (κ2) is 11.2. The molecule has 3 nitrogen and oxygen atoms in total. The first kappa shape index (κ1) is 8.92. The molecule has 0 aliphatic rings. The molecule has 0 bridgehead atoms. The summed E-state index contributed by atoms with van der Waals surface area (Å²) < 4.78 is 0. The summed E-state index contributed by atoms with van der Waals surface area (Å²) >= 11 is 0. The van der Waals surface area contributed by atoms with Gasteiger partial charge in [-0.3, -0.25) is 0 Å². The molecule has 0 aromatic carbocycles. The van der Waals surface area contributed by atoms with Crippen LogP contribution in [0.1, 0.15) is 0 Å². The van der Waals surface area contributed by atoms with E-state index in [1.165, 1.54) is 6.19 Å². The second-order valence-electron chi connectivity index (χ2n) is 0.258. The van der Waals surface area contributed by atoms with E-state index in [1.54, 1.807) is 0 Å². The molecule has 0 saturated carbocycles. The van der Waals surface area contributed by atoms with Crippen LogP contribution in [0, 0.1) is 11.5 Å². The lowest BCUT2D eigenvalue weighted by molar-refractivity contribution is 0.824. The Labute approximate surface area is 29.9 Å². The lowest BCUT2D eigenvalue weighted by atomic mass is 11.4. The predicted molar refractivity (Wildman–Crippen MR) is 18.8 cm³/mol. The molecule has 0 fully saturated rings. The Hall–Kier alpha value is -0.880. The maximum Gasteiger partial charge on any atom is 0.205 e. The Bertz CT molecular complexity index is 53.2. The summed E-state index contributed by atoms with van der Waals surface area (Å²) in [5.41, 5.74) is 0. The quantitative estimate of drug-likeness (QED) is 0.277. The molecule has 0 aliphatic carbocycles. The highest BCUT2D eigenvalue weighted by Gasteiger charge is 1.32. The van der Waals surface area contributed by atoms with Crippen LogP contribution >= 0.6 is 0 Å². The van der Waals surface area contributed by atoms with Crippen LogP contribution in [0.25, 0.3) is 0 Å². The van der Waals surface area contributed by atoms with Crippen molar-refractivity contribution in [2.24, 2.45) is 4.99 Å². The van der Waals surface area contributed by atoms with E-state index in [4.69, 9.17) is 5.26 Å². The van der Waals surface area contributed by atoms with Crippen LogP contribution in [0.5, 0.6) is 0 Å². The molecule has 0 radical (unpaired) electrons. The van der Waals surface area contributed by atoms with Gasteiger partial charge < -0.3 is 5.48 Å². The van der Waals surface area contributed by atoms with Gasteiger partial charge in [-0.05, 0) is 0 Å². The second-order valence-corrected chi connectivity index (χ2v) is 0.258. The minimum absolute atomic E-state index is 0. The molecular weight excluding hydrogens is 68.0 g/mol. The highest BCUT2D eigenvalue weighted by atomic mass is 16.0. The molecule has 0 spiro atoms. The van der Waals surface area contributed by atoms with E-state index in [0.717, 1.165) is 0 Å². The smallest absolute Gasteiger partial charge is 0.205 e. The molecule has 0 saturated heterocycles. The number of aliphatic imine (C=N–C) groups is 1. The average molecular weight is 72.1 g/mol. The number of hydrogen-bond acceptors (Lipinski definition) is 2. The Balaban J connectivity index is 0. The van der Waals surface area contributed by atoms with Crippen LogP contribution in [0.4, 0.5) is 0 Å². The van der Waals surface area contributed by atoms with Gasteiger partial charge in [-0.2, -0.15) is 10.3 Å². The average Bonchev–Trinajstić information content (AvgIpc) is 1.37. The summed E-state index contributed by atoms with van der Waals surface area (Å²) in [6, 6.07) is 0. The van der Waals surface area contributed by atoms with E-state index in [1.807, 2.05) is 0 Å². The van der Waals surface area contributed by atoms with E-state index in [2.05, 4.69) is 11.7 Å². The number of hydrogen-bond donors (Lipinski definition) is 0. The van der Waals surface area contributed by atoms with Crippen LogP contribution in [-0.2, 0) is 0 Å². The first-order chi connectivity index (χ1) is 1.91. The molecule has 0 aromatic heterocycles. The van der Waals surface area contributed by atoms with Crippen LogP contribution in [0.2, 0.25) is 0 Å². The summed E-state index contributed by atoms with van der Waals surface area (Å²) in [6.07, 6.45) is 1.44. The van der Waals surface area contributed by atoms with Crippen molar-refractivity contribution in [3.63, 3.8) is 0 Å². The molecule has 0 amide bonds. The third kappa shape index (κ3) is 272. The normalized spacial score (nSPS) is 3.00. The van der Waals surface area contributed by atoms with Crippen molar-refractivity contribution in [2.45, 2.75) is 0 Å². The lowest BCUT2D eigenvalue weighted by Gasteiger charge is -1.35. The van der Waals surface area contributed by atoms with Gasteiger partial charge in [0.25, 0.3) is 0 Å². The van der Waals surface area contributed by atoms with Gasteiger partial charge >= 0.3 is 0 Å². The van der Waals surface area contributed by atoms with Crippen molar-refractivity contribution in [3.05, 3.63) is 0 Å². The van der Waals surface area contributed by atoms with Crippen molar-refractivity contribution >= 4 is 6.72 Å². The first-order valence-corrected chi connectivity index (χ1v) is 0.763. The summed E-state index contributed by atoms with van der Waals surface area (Å²) in [4.78, 5) is 2.79. The van der Waals surface area contributed by atoms with E-state index >= 15 is 0 Å². The molecule has 0 aliphatic heterocycles. The zero-order valence-electron chi connectivity index (χ0n) is 2.60. The third-order valence-corrected chi connectivity index (χ3v) is 0.0707. The Kier molecular flexibility index (Phi) is 20.0. The van der Waals surface area contributed by atoms with Gasteiger partial charge in [-0.1, -0.05) is 0 Å². The lowest BCUT2D eigenvalue weighted by Crippen LogP contribution is -1.28. The van der Waals surface area contributed by atoms with Crippen molar-refractivity contribution in [1.82, 2.24) is 0 Å². The topological polar surface area (TPSA) is 67.7 Å². The number of nitrogens with zero attached hydrogens (tertiary/aromatic N) is 2. The van der Waals surface area contributed by atoms with Crippen LogP contribution in [0.3, 0.4) is 0 Å². The zero-order chi connectivity index (χ0) is 3.41. The molecule has 0 heterocycles. The summed E-state index contributed by atoms with van der Waals surface area (Å²) in [6.45, 7) is 2.87. The van der Waals surface area contributed by atoms with Gasteiger partial charge in [0.05, 0.1) is 0 Å². The molecule has 5 heavy (non-hydrogen) atoms. The molecule has 3 heteroatoms. The minimum Gasteiger partial charge on any atom is -0.412 e. The number of nitriles is 1. The fourth-order valence-corrected chi connectivity index (χ4v) is 0. The van der Waals surface area contributed by atoms with Crippen molar-refractivity contribution in [1.29, 1.82) is 5.26 Å². The standard InChI is InChI=1S/C2H2N2.H2O/c1-4-2-3;/h1H2;1H2. The van der Waals surface area contributed by atoms with Crippen molar-refractivity contribution in [3.8, 4) is 6.19 Å². The Morgan fingerprint density at radius 3 is 2.00 bits per heavy atom. The van der Waals surface area contributed by atoms with Crippen molar-refractivity contribution in [2.75, 3.05) is 0 Å². The van der Waals surface area contributed by atoms with E-state index in [0.29, 0.717) is 0 Å². The maximum atomic E-state index is 7.40. The van der Waals surface area contributed by atoms with Gasteiger partial charge in [-0.25, -0.2) is 0 Å². The summed E-state index contributed by atoms with van der Waals surface area (Å²) in [5.74, 6) is 0. The van der Waals surface area contributed by atoms with Crippen LogP contribution < -0.4 is 0 Å². The minimum atomic E-state index is 0. The fraction of sp³-hybridized carbons (Fsp3) is 0. The SMILES string of the molecule is C=NC#N.O. The molecule has 0 atom stereocenters. The molecule has 0 rings (SSSR count). The molecule has 0 aromatic rings. The summed E-state index contributed by atoms with van der Waals surface area (Å²) in [7, 11) is 0. The van der Waals surface area contributed by atoms with Gasteiger partial charge in [0, 0.05) is 6.72 Å². The first-order valence-electron chi connectivity index (χ1n) is 0.763. The van der Waals surface area contributed by atoms with E-state index < -0.39 is 0 Å². The van der Waals surface area contributed by atoms with Crippen molar-refractivity contribution < 1.29 is 5.48 Å². The molecule has 28 valence electrons. The van der Waals surface area contributed by atoms with Gasteiger partial charge in [0.15, 0.2) is 0 Å². The van der Waals surface area contributed by atoms with Crippen LogP contribution in [0.15, 0.2) is 4.99 Å². The molecule has 2 N–H and O–H groups in total. The Morgan fingerprint density at radius 2 is 2.00 bits per heavy atom. The highest BCUT2D eigenvalue weighted by Crippen LogP contribution is 1.37. The van der Waals surface area contributed by atoms with Gasteiger partial charge in [-0.15, -0.1) is 0 Å². The Morgan fingerprint density at radius 1 is 1.80 bits per heavy atom. The van der Waals surface area contributed by atoms with Crippen LogP contribution in [-0.4, -0.2) is 12.2 Å². The highest BCUT2D eigenvalue weighted by molar-refractivity contribution is 5.25. The zero-order valence-corrected chi connectivity index (χ0v) is 2.60. The fourth-order valence-electron chi connectivity index (χ4n) is 0. The van der Waals surface area contributed by atoms with Gasteiger partial charge in [0.1, 0.15) is 0 Å².